The summed E-state index contributed by atoms with van der Waals surface area (Å²) in [7, 11) is 0. The molecule has 0 aliphatic rings. The van der Waals surface area contributed by atoms with E-state index in [1.54, 1.807) is 12.1 Å². The zero-order valence-corrected chi connectivity index (χ0v) is 12.1. The van der Waals surface area contributed by atoms with Crippen molar-refractivity contribution in [2.75, 3.05) is 0 Å². The van der Waals surface area contributed by atoms with Crippen LogP contribution in [-0.2, 0) is 0 Å². The summed E-state index contributed by atoms with van der Waals surface area (Å²) in [6.45, 7) is 0. The van der Waals surface area contributed by atoms with E-state index in [0.29, 0.717) is 0 Å². The molecule has 0 radical (unpaired) electrons. The Morgan fingerprint density at radius 2 is 1.96 bits per heavy atom. The summed E-state index contributed by atoms with van der Waals surface area (Å²) in [5, 5.41) is 11.0. The standard InChI is InChI=1S/C14H7F2N3O3S/c15-9-5-4-8(7-10(9)16)23-13-12(19(21)22)14(20)18-6-2-1-3-11(18)17-13/h1-7H. The van der Waals surface area contributed by atoms with Crippen molar-refractivity contribution in [2.45, 2.75) is 9.92 Å². The molecule has 1 aromatic carbocycles. The van der Waals surface area contributed by atoms with Gasteiger partial charge in [-0.05, 0) is 30.3 Å². The number of aromatic nitrogens is 2. The van der Waals surface area contributed by atoms with Gasteiger partial charge in [0, 0.05) is 11.1 Å². The van der Waals surface area contributed by atoms with Crippen LogP contribution in [0.4, 0.5) is 14.5 Å². The number of halogens is 2. The Morgan fingerprint density at radius 1 is 1.17 bits per heavy atom. The summed E-state index contributed by atoms with van der Waals surface area (Å²) in [5.41, 5.74) is -1.35. The van der Waals surface area contributed by atoms with Gasteiger partial charge in [0.15, 0.2) is 16.7 Å². The van der Waals surface area contributed by atoms with Crippen LogP contribution in [0.5, 0.6) is 0 Å². The molecular weight excluding hydrogens is 328 g/mol. The number of nitro groups is 1. The molecule has 0 unspecified atom stereocenters. The van der Waals surface area contributed by atoms with Crippen molar-refractivity contribution in [3.63, 3.8) is 0 Å². The molecule has 0 saturated heterocycles. The first kappa shape index (κ1) is 15.1. The van der Waals surface area contributed by atoms with Crippen LogP contribution in [0.1, 0.15) is 0 Å². The molecule has 0 saturated carbocycles. The van der Waals surface area contributed by atoms with E-state index in [-0.39, 0.29) is 15.6 Å². The van der Waals surface area contributed by atoms with Crippen LogP contribution in [0.2, 0.25) is 0 Å². The summed E-state index contributed by atoms with van der Waals surface area (Å²) in [6, 6.07) is 7.72. The number of nitrogens with zero attached hydrogens (tertiary/aromatic N) is 3. The van der Waals surface area contributed by atoms with Gasteiger partial charge in [-0.2, -0.15) is 0 Å². The van der Waals surface area contributed by atoms with Gasteiger partial charge in [0.1, 0.15) is 5.65 Å². The minimum absolute atomic E-state index is 0.183. The largest absolute Gasteiger partial charge is 0.366 e. The van der Waals surface area contributed by atoms with Crippen LogP contribution in [0, 0.1) is 21.7 Å². The average Bonchev–Trinajstić information content (AvgIpc) is 2.51. The van der Waals surface area contributed by atoms with Crippen LogP contribution >= 0.6 is 11.8 Å². The highest BCUT2D eigenvalue weighted by molar-refractivity contribution is 7.99. The fraction of sp³-hybridized carbons (Fsp3) is 0. The van der Waals surface area contributed by atoms with Gasteiger partial charge >= 0.3 is 11.2 Å². The quantitative estimate of drug-likeness (QED) is 0.418. The Hall–Kier alpha value is -2.81. The molecule has 3 aromatic rings. The molecule has 9 heteroatoms. The lowest BCUT2D eigenvalue weighted by Crippen LogP contribution is -2.19. The number of fused-ring (bicyclic) bond motifs is 1. The molecule has 2 heterocycles. The lowest BCUT2D eigenvalue weighted by Gasteiger charge is -2.05. The smallest absolute Gasteiger partial charge is 0.262 e. The van der Waals surface area contributed by atoms with E-state index in [1.165, 1.54) is 18.3 Å². The molecular formula is C14H7F2N3O3S. The molecule has 6 nitrogen and oxygen atoms in total. The predicted octanol–water partition coefficient (Wildman–Crippen LogP) is 3.03. The molecule has 0 aliphatic carbocycles. The topological polar surface area (TPSA) is 77.5 Å². The van der Waals surface area contributed by atoms with Crippen molar-refractivity contribution in [2.24, 2.45) is 0 Å². The van der Waals surface area contributed by atoms with E-state index in [1.807, 2.05) is 0 Å². The first-order chi connectivity index (χ1) is 11.0. The minimum atomic E-state index is -1.09. The zero-order valence-electron chi connectivity index (χ0n) is 11.3. The molecule has 23 heavy (non-hydrogen) atoms. The van der Waals surface area contributed by atoms with Crippen molar-refractivity contribution < 1.29 is 13.7 Å². The van der Waals surface area contributed by atoms with E-state index in [2.05, 4.69) is 4.98 Å². The van der Waals surface area contributed by atoms with E-state index in [4.69, 9.17) is 0 Å². The second-order valence-corrected chi connectivity index (χ2v) is 5.50. The summed E-state index contributed by atoms with van der Waals surface area (Å²) in [6.07, 6.45) is 1.36. The second kappa shape index (κ2) is 5.76. The third kappa shape index (κ3) is 2.78. The van der Waals surface area contributed by atoms with Crippen LogP contribution < -0.4 is 5.56 Å². The molecule has 0 bridgehead atoms. The summed E-state index contributed by atoms with van der Waals surface area (Å²) >= 11 is 0.722. The number of benzene rings is 1. The molecule has 3 rings (SSSR count). The second-order valence-electron chi connectivity index (χ2n) is 4.43. The third-order valence-corrected chi connectivity index (χ3v) is 3.93. The summed E-state index contributed by atoms with van der Waals surface area (Å²) < 4.78 is 27.3. The fourth-order valence-electron chi connectivity index (χ4n) is 1.94. The SMILES string of the molecule is O=c1c([N+](=O)[O-])c(Sc2ccc(F)c(F)c2)nc2ccccn12. The summed E-state index contributed by atoms with van der Waals surface area (Å²) in [4.78, 5) is 26.9. The minimum Gasteiger partial charge on any atom is -0.262 e. The highest BCUT2D eigenvalue weighted by atomic mass is 32.2. The van der Waals surface area contributed by atoms with Gasteiger partial charge in [-0.15, -0.1) is 0 Å². The highest BCUT2D eigenvalue weighted by Gasteiger charge is 2.24. The zero-order chi connectivity index (χ0) is 16.6. The number of hydrogen-bond donors (Lipinski definition) is 0. The average molecular weight is 335 g/mol. The van der Waals surface area contributed by atoms with E-state index in [9.17, 15) is 23.7 Å². The van der Waals surface area contributed by atoms with Gasteiger partial charge in [-0.25, -0.2) is 13.8 Å². The Morgan fingerprint density at radius 3 is 2.65 bits per heavy atom. The molecule has 2 aromatic heterocycles. The molecule has 0 atom stereocenters. The first-order valence-corrected chi connectivity index (χ1v) is 7.07. The third-order valence-electron chi connectivity index (χ3n) is 2.97. The molecule has 0 spiro atoms. The molecule has 0 fully saturated rings. The monoisotopic (exact) mass is 335 g/mol. The Kier molecular flexibility index (Phi) is 3.78. The van der Waals surface area contributed by atoms with Crippen LogP contribution in [-0.4, -0.2) is 14.3 Å². The molecule has 0 N–H and O–H groups in total. The number of rotatable bonds is 3. The van der Waals surface area contributed by atoms with Crippen LogP contribution in [0.25, 0.3) is 5.65 Å². The normalized spacial score (nSPS) is 10.9. The highest BCUT2D eigenvalue weighted by Crippen LogP contribution is 2.32. The van der Waals surface area contributed by atoms with Crippen molar-refractivity contribution in [1.82, 2.24) is 9.38 Å². The van der Waals surface area contributed by atoms with Crippen molar-refractivity contribution >= 4 is 23.1 Å². The lowest BCUT2D eigenvalue weighted by atomic mass is 10.3. The Labute approximate surface area is 131 Å². The van der Waals surface area contributed by atoms with Gasteiger partial charge in [-0.3, -0.25) is 19.3 Å². The van der Waals surface area contributed by atoms with Crippen molar-refractivity contribution in [3.8, 4) is 0 Å². The maximum Gasteiger partial charge on any atom is 0.366 e. The van der Waals surface area contributed by atoms with Crippen molar-refractivity contribution in [3.05, 3.63) is 74.7 Å². The van der Waals surface area contributed by atoms with Gasteiger partial charge in [0.2, 0.25) is 0 Å². The van der Waals surface area contributed by atoms with Crippen molar-refractivity contribution in [1.29, 1.82) is 0 Å². The summed E-state index contributed by atoms with van der Waals surface area (Å²) in [5.74, 6) is -2.12. The predicted molar refractivity (Wildman–Crippen MR) is 78.6 cm³/mol. The Balaban J connectivity index is 2.19. The number of pyridine rings is 1. The first-order valence-electron chi connectivity index (χ1n) is 6.26. The van der Waals surface area contributed by atoms with Gasteiger partial charge < -0.3 is 0 Å². The van der Waals surface area contributed by atoms with Crippen LogP contribution in [0.3, 0.4) is 0 Å². The molecule has 0 amide bonds. The van der Waals surface area contributed by atoms with E-state index in [0.717, 1.165) is 28.3 Å². The van der Waals surface area contributed by atoms with Crippen LogP contribution in [0.15, 0.2) is 57.3 Å². The molecule has 0 aliphatic heterocycles. The lowest BCUT2D eigenvalue weighted by molar-refractivity contribution is -0.389. The van der Waals surface area contributed by atoms with E-state index < -0.39 is 27.8 Å². The van der Waals surface area contributed by atoms with Gasteiger partial charge in [0.05, 0.1) is 4.92 Å². The fourth-order valence-corrected chi connectivity index (χ4v) is 2.86. The molecule has 116 valence electrons. The maximum atomic E-state index is 13.3. The van der Waals surface area contributed by atoms with Gasteiger partial charge in [-0.1, -0.05) is 17.8 Å². The Bertz CT molecular complexity index is 991. The van der Waals surface area contributed by atoms with Gasteiger partial charge in [0.25, 0.3) is 0 Å². The number of hydrogen-bond acceptors (Lipinski definition) is 5. The maximum absolute atomic E-state index is 13.3. The van der Waals surface area contributed by atoms with E-state index >= 15 is 0 Å².